The van der Waals surface area contributed by atoms with Crippen LogP contribution in [0.15, 0.2) is 53.6 Å². The predicted molar refractivity (Wildman–Crippen MR) is 85.1 cm³/mol. The highest BCUT2D eigenvalue weighted by atomic mass is 16.6. The maximum atomic E-state index is 10.7. The molecule has 0 saturated carbocycles. The largest absolute Gasteiger partial charge is 0.378 e. The summed E-state index contributed by atoms with van der Waals surface area (Å²) in [5.41, 5.74) is 5.44. The van der Waals surface area contributed by atoms with Crippen LogP contribution in [0.3, 0.4) is 0 Å². The fourth-order valence-corrected chi connectivity index (χ4v) is 1.73. The van der Waals surface area contributed by atoms with E-state index in [9.17, 15) is 10.1 Å². The minimum atomic E-state index is -0.436. The fourth-order valence-electron chi connectivity index (χ4n) is 1.73. The number of nitro benzene ring substituents is 1. The lowest BCUT2D eigenvalue weighted by molar-refractivity contribution is -0.384. The molecule has 0 heterocycles. The van der Waals surface area contributed by atoms with E-state index in [1.165, 1.54) is 12.1 Å². The Bertz CT molecular complexity index is 651. The second-order valence-corrected chi connectivity index (χ2v) is 4.66. The Morgan fingerprint density at radius 3 is 2.52 bits per heavy atom. The van der Waals surface area contributed by atoms with Crippen LogP contribution in [-0.2, 0) is 0 Å². The van der Waals surface area contributed by atoms with E-state index in [1.54, 1.807) is 18.3 Å². The Labute approximate surface area is 122 Å². The Morgan fingerprint density at radius 2 is 1.90 bits per heavy atom. The number of nitrogens with zero attached hydrogens (tertiary/aromatic N) is 3. The summed E-state index contributed by atoms with van der Waals surface area (Å²) in [6.45, 7) is 0. The van der Waals surface area contributed by atoms with E-state index in [0.717, 1.165) is 11.3 Å². The molecule has 0 bridgehead atoms. The highest BCUT2D eigenvalue weighted by molar-refractivity contribution is 5.81. The molecule has 2 aromatic rings. The van der Waals surface area contributed by atoms with Gasteiger partial charge < -0.3 is 4.90 Å². The van der Waals surface area contributed by atoms with Crippen LogP contribution in [0.2, 0.25) is 0 Å². The molecule has 0 aromatic heterocycles. The van der Waals surface area contributed by atoms with Crippen molar-refractivity contribution in [2.75, 3.05) is 24.4 Å². The van der Waals surface area contributed by atoms with E-state index in [0.29, 0.717) is 5.69 Å². The van der Waals surface area contributed by atoms with E-state index in [2.05, 4.69) is 10.5 Å². The molecule has 0 aliphatic heterocycles. The van der Waals surface area contributed by atoms with Crippen molar-refractivity contribution in [3.05, 3.63) is 64.2 Å². The van der Waals surface area contributed by atoms with Crippen LogP contribution >= 0.6 is 0 Å². The number of nitrogens with one attached hydrogen (secondary N) is 1. The third kappa shape index (κ3) is 4.04. The van der Waals surface area contributed by atoms with E-state index in [1.807, 2.05) is 43.3 Å². The average molecular weight is 284 g/mol. The molecule has 0 amide bonds. The summed E-state index contributed by atoms with van der Waals surface area (Å²) in [6, 6.07) is 14.1. The van der Waals surface area contributed by atoms with Crippen LogP contribution in [-0.4, -0.2) is 25.2 Å². The first-order valence-corrected chi connectivity index (χ1v) is 6.37. The third-order valence-electron chi connectivity index (χ3n) is 2.87. The molecule has 0 aliphatic carbocycles. The quantitative estimate of drug-likeness (QED) is 0.520. The minimum absolute atomic E-state index is 0.0329. The zero-order chi connectivity index (χ0) is 15.2. The maximum absolute atomic E-state index is 10.7. The SMILES string of the molecule is CN(C)c1ccc(/C=N\Nc2cccc([N+](=O)[O-])c2)cc1. The van der Waals surface area contributed by atoms with Crippen molar-refractivity contribution in [1.29, 1.82) is 0 Å². The van der Waals surface area contributed by atoms with Gasteiger partial charge in [-0.3, -0.25) is 15.5 Å². The third-order valence-corrected chi connectivity index (χ3v) is 2.87. The predicted octanol–water partition coefficient (Wildman–Crippen LogP) is 3.11. The van der Waals surface area contributed by atoms with E-state index < -0.39 is 4.92 Å². The monoisotopic (exact) mass is 284 g/mol. The topological polar surface area (TPSA) is 70.8 Å². The van der Waals surface area contributed by atoms with Crippen LogP contribution in [0, 0.1) is 10.1 Å². The van der Waals surface area contributed by atoms with Crippen LogP contribution in [0.5, 0.6) is 0 Å². The number of anilines is 2. The van der Waals surface area contributed by atoms with Gasteiger partial charge in [-0.2, -0.15) is 5.10 Å². The number of hydrazone groups is 1. The molecule has 0 spiro atoms. The van der Waals surface area contributed by atoms with Crippen molar-refractivity contribution < 1.29 is 4.92 Å². The highest BCUT2D eigenvalue weighted by Crippen LogP contribution is 2.17. The second-order valence-electron chi connectivity index (χ2n) is 4.66. The molecule has 0 saturated heterocycles. The lowest BCUT2D eigenvalue weighted by Crippen LogP contribution is -2.08. The molecule has 0 fully saturated rings. The summed E-state index contributed by atoms with van der Waals surface area (Å²) in [5.74, 6) is 0. The summed E-state index contributed by atoms with van der Waals surface area (Å²) >= 11 is 0. The zero-order valence-electron chi connectivity index (χ0n) is 11.9. The Morgan fingerprint density at radius 1 is 1.19 bits per heavy atom. The second kappa shape index (κ2) is 6.51. The number of rotatable bonds is 5. The van der Waals surface area contributed by atoms with Gasteiger partial charge in [-0.25, -0.2) is 0 Å². The fraction of sp³-hybridized carbons (Fsp3) is 0.133. The van der Waals surface area contributed by atoms with Crippen LogP contribution < -0.4 is 10.3 Å². The molecule has 6 heteroatoms. The molecule has 21 heavy (non-hydrogen) atoms. The van der Waals surface area contributed by atoms with Crippen LogP contribution in [0.1, 0.15) is 5.56 Å². The minimum Gasteiger partial charge on any atom is -0.378 e. The molecule has 108 valence electrons. The van der Waals surface area contributed by atoms with Gasteiger partial charge >= 0.3 is 0 Å². The first-order valence-electron chi connectivity index (χ1n) is 6.37. The van der Waals surface area contributed by atoms with Crippen LogP contribution in [0.25, 0.3) is 0 Å². The number of hydrogen-bond donors (Lipinski definition) is 1. The smallest absolute Gasteiger partial charge is 0.271 e. The number of nitro groups is 1. The zero-order valence-corrected chi connectivity index (χ0v) is 11.9. The van der Waals surface area contributed by atoms with Crippen molar-refractivity contribution >= 4 is 23.3 Å². The van der Waals surface area contributed by atoms with Gasteiger partial charge in [0.2, 0.25) is 0 Å². The molecule has 0 radical (unpaired) electrons. The van der Waals surface area contributed by atoms with Crippen molar-refractivity contribution in [2.24, 2.45) is 5.10 Å². The summed E-state index contributed by atoms with van der Waals surface area (Å²) in [4.78, 5) is 12.3. The Hall–Kier alpha value is -2.89. The van der Waals surface area contributed by atoms with Gasteiger partial charge in [0.1, 0.15) is 0 Å². The van der Waals surface area contributed by atoms with Gasteiger partial charge in [0.15, 0.2) is 0 Å². The van der Waals surface area contributed by atoms with Crippen molar-refractivity contribution in [3.8, 4) is 0 Å². The maximum Gasteiger partial charge on any atom is 0.271 e. The first kappa shape index (κ1) is 14.5. The highest BCUT2D eigenvalue weighted by Gasteiger charge is 2.04. The first-order chi connectivity index (χ1) is 10.1. The van der Waals surface area contributed by atoms with Gasteiger partial charge in [-0.1, -0.05) is 18.2 Å². The van der Waals surface area contributed by atoms with Crippen molar-refractivity contribution in [2.45, 2.75) is 0 Å². The van der Waals surface area contributed by atoms with E-state index in [-0.39, 0.29) is 5.69 Å². The van der Waals surface area contributed by atoms with E-state index >= 15 is 0 Å². The normalized spacial score (nSPS) is 10.6. The molecule has 2 rings (SSSR count). The van der Waals surface area contributed by atoms with Gasteiger partial charge in [0, 0.05) is 31.9 Å². The molecule has 6 nitrogen and oxygen atoms in total. The van der Waals surface area contributed by atoms with Crippen molar-refractivity contribution in [1.82, 2.24) is 0 Å². The summed E-state index contributed by atoms with van der Waals surface area (Å²) in [5, 5.41) is 14.7. The lowest BCUT2D eigenvalue weighted by Gasteiger charge is -2.11. The standard InChI is InChI=1S/C15H16N4O2/c1-18(2)14-8-6-12(7-9-14)11-16-17-13-4-3-5-15(10-13)19(20)21/h3-11,17H,1-2H3/b16-11-. The van der Waals surface area contributed by atoms with Gasteiger partial charge in [-0.15, -0.1) is 0 Å². The molecule has 2 aromatic carbocycles. The lowest BCUT2D eigenvalue weighted by atomic mass is 10.2. The molecule has 0 atom stereocenters. The average Bonchev–Trinajstić information content (AvgIpc) is 2.48. The molecule has 0 unspecified atom stereocenters. The molecular weight excluding hydrogens is 268 g/mol. The Kier molecular flexibility index (Phi) is 4.50. The molecule has 0 aliphatic rings. The number of non-ortho nitro benzene ring substituents is 1. The molecule has 1 N–H and O–H groups in total. The summed E-state index contributed by atoms with van der Waals surface area (Å²) in [7, 11) is 3.96. The van der Waals surface area contributed by atoms with E-state index in [4.69, 9.17) is 0 Å². The number of hydrogen-bond acceptors (Lipinski definition) is 5. The summed E-state index contributed by atoms with van der Waals surface area (Å²) < 4.78 is 0. The molecular formula is C15H16N4O2. The van der Waals surface area contributed by atoms with Crippen molar-refractivity contribution in [3.63, 3.8) is 0 Å². The van der Waals surface area contributed by atoms with Gasteiger partial charge in [-0.05, 0) is 23.8 Å². The van der Waals surface area contributed by atoms with Gasteiger partial charge in [0.05, 0.1) is 16.8 Å². The van der Waals surface area contributed by atoms with Gasteiger partial charge in [0.25, 0.3) is 5.69 Å². The number of benzene rings is 2. The summed E-state index contributed by atoms with van der Waals surface area (Å²) in [6.07, 6.45) is 1.66. The Balaban J connectivity index is 2.02. The van der Waals surface area contributed by atoms with Crippen LogP contribution in [0.4, 0.5) is 17.1 Å².